The van der Waals surface area contributed by atoms with Gasteiger partial charge in [0.25, 0.3) is 5.91 Å². The van der Waals surface area contributed by atoms with Gasteiger partial charge < -0.3 is 20.1 Å². The number of carbonyl (C=O) groups excluding carboxylic acids is 2. The number of primary amides is 1. The highest BCUT2D eigenvalue weighted by atomic mass is 16.5. The van der Waals surface area contributed by atoms with E-state index in [1.807, 2.05) is 18.0 Å². The van der Waals surface area contributed by atoms with E-state index in [4.69, 9.17) is 15.2 Å². The summed E-state index contributed by atoms with van der Waals surface area (Å²) in [5, 5.41) is 0. The van der Waals surface area contributed by atoms with Crippen molar-refractivity contribution in [1.82, 2.24) is 9.80 Å². The average molecular weight is 404 g/mol. The van der Waals surface area contributed by atoms with Crippen LogP contribution in [0.2, 0.25) is 0 Å². The van der Waals surface area contributed by atoms with Gasteiger partial charge in [-0.1, -0.05) is 32.9 Å². The Morgan fingerprint density at radius 2 is 2.00 bits per heavy atom. The smallest absolute Gasteiger partial charge is 0.255 e. The molecular weight excluding hydrogens is 370 g/mol. The van der Waals surface area contributed by atoms with Gasteiger partial charge in [0.05, 0.1) is 12.1 Å². The van der Waals surface area contributed by atoms with Gasteiger partial charge in [-0.2, -0.15) is 0 Å². The molecule has 1 aromatic carbocycles. The molecule has 29 heavy (non-hydrogen) atoms. The Labute approximate surface area is 173 Å². The summed E-state index contributed by atoms with van der Waals surface area (Å²) in [6.07, 6.45) is 1.86. The highest BCUT2D eigenvalue weighted by Gasteiger charge is 2.36. The zero-order valence-electron chi connectivity index (χ0n) is 17.9. The molecule has 3 rings (SSSR count). The van der Waals surface area contributed by atoms with E-state index in [0.717, 1.165) is 43.6 Å². The lowest BCUT2D eigenvalue weighted by molar-refractivity contribution is -0.154. The predicted octanol–water partition coefficient (Wildman–Crippen LogP) is 1.67. The maximum atomic E-state index is 12.0. The van der Waals surface area contributed by atoms with Crippen LogP contribution in [0.25, 0.3) is 0 Å². The second-order valence-corrected chi connectivity index (χ2v) is 9.10. The van der Waals surface area contributed by atoms with Crippen molar-refractivity contribution < 1.29 is 19.1 Å². The number of carbonyl (C=O) groups is 2. The number of ether oxygens (including phenoxy) is 2. The summed E-state index contributed by atoms with van der Waals surface area (Å²) in [4.78, 5) is 27.4. The first-order valence-corrected chi connectivity index (χ1v) is 10.3. The number of nitrogens with two attached hydrogens (primary N) is 1. The Hall–Kier alpha value is -2.12. The van der Waals surface area contributed by atoms with Gasteiger partial charge in [0.1, 0.15) is 12.4 Å². The highest BCUT2D eigenvalue weighted by molar-refractivity contribution is 5.78. The van der Waals surface area contributed by atoms with Crippen LogP contribution in [0.1, 0.15) is 44.7 Å². The molecule has 2 fully saturated rings. The Morgan fingerprint density at radius 1 is 1.28 bits per heavy atom. The topological polar surface area (TPSA) is 85.1 Å². The molecule has 160 valence electrons. The average Bonchev–Trinajstić information content (AvgIpc) is 2.86. The van der Waals surface area contributed by atoms with Gasteiger partial charge in [-0.3, -0.25) is 14.5 Å². The molecule has 0 spiro atoms. The first kappa shape index (κ1) is 21.6. The van der Waals surface area contributed by atoms with Gasteiger partial charge in [0.15, 0.2) is 6.61 Å². The number of fused-ring (bicyclic) bond motifs is 1. The molecule has 7 heteroatoms. The maximum absolute atomic E-state index is 12.0. The summed E-state index contributed by atoms with van der Waals surface area (Å²) in [5.74, 6) is 0.279. The molecule has 0 aliphatic carbocycles. The molecule has 2 aliphatic heterocycles. The molecular formula is C22H33N3O4. The SMILES string of the molecule is CN1C(=O)CO[C@H]2CCN(Cc3ccc(C(C)(C)C)cc3OCC(N)=O)CC[C@@H]21. The lowest BCUT2D eigenvalue weighted by atomic mass is 9.86. The zero-order chi connectivity index (χ0) is 21.2. The van der Waals surface area contributed by atoms with Crippen molar-refractivity contribution in [2.24, 2.45) is 5.73 Å². The molecule has 2 aliphatic rings. The molecule has 2 amide bonds. The Kier molecular flexibility index (Phi) is 6.49. The molecule has 0 aromatic heterocycles. The van der Waals surface area contributed by atoms with Crippen molar-refractivity contribution in [2.75, 3.05) is 33.4 Å². The van der Waals surface area contributed by atoms with Crippen LogP contribution >= 0.6 is 0 Å². The second-order valence-electron chi connectivity index (χ2n) is 9.10. The molecule has 2 heterocycles. The first-order chi connectivity index (χ1) is 13.6. The first-order valence-electron chi connectivity index (χ1n) is 10.3. The molecule has 2 atom stereocenters. The Bertz CT molecular complexity index is 759. The maximum Gasteiger partial charge on any atom is 0.255 e. The van der Waals surface area contributed by atoms with Gasteiger partial charge in [0, 0.05) is 32.2 Å². The number of nitrogens with zero attached hydrogens (tertiary/aromatic N) is 2. The summed E-state index contributed by atoms with van der Waals surface area (Å²) in [7, 11) is 1.87. The van der Waals surface area contributed by atoms with E-state index in [2.05, 4.69) is 37.8 Å². The lowest BCUT2D eigenvalue weighted by Gasteiger charge is -2.37. The quantitative estimate of drug-likeness (QED) is 0.808. The van der Waals surface area contributed by atoms with Gasteiger partial charge in [0.2, 0.25) is 5.91 Å². The van der Waals surface area contributed by atoms with Crippen molar-refractivity contribution in [2.45, 2.75) is 57.7 Å². The normalized spacial score (nSPS) is 23.4. The van der Waals surface area contributed by atoms with Crippen LogP contribution in [0.3, 0.4) is 0 Å². The lowest BCUT2D eigenvalue weighted by Crippen LogP contribution is -2.52. The number of hydrogen-bond donors (Lipinski definition) is 1. The van der Waals surface area contributed by atoms with E-state index in [1.54, 1.807) is 0 Å². The van der Waals surface area contributed by atoms with E-state index in [0.29, 0.717) is 5.75 Å². The summed E-state index contributed by atoms with van der Waals surface area (Å²) >= 11 is 0. The Balaban J connectivity index is 1.74. The summed E-state index contributed by atoms with van der Waals surface area (Å²) < 4.78 is 11.5. The highest BCUT2D eigenvalue weighted by Crippen LogP contribution is 2.31. The number of amides is 2. The van der Waals surface area contributed by atoms with E-state index in [1.165, 1.54) is 0 Å². The fourth-order valence-corrected chi connectivity index (χ4v) is 4.05. The number of benzene rings is 1. The summed E-state index contributed by atoms with van der Waals surface area (Å²) in [5.41, 5.74) is 7.46. The standard InChI is InChI=1S/C22H33N3O4/c1-22(2,3)16-6-5-15(19(11-16)28-13-20(23)26)12-25-9-7-17-18(8-10-25)29-14-21(27)24(17)4/h5-6,11,17-18H,7-10,12-14H2,1-4H3,(H2,23,26)/t17-,18-/m0/s1. The van der Waals surface area contributed by atoms with Crippen molar-refractivity contribution in [3.8, 4) is 5.75 Å². The van der Waals surface area contributed by atoms with E-state index >= 15 is 0 Å². The van der Waals surface area contributed by atoms with Crippen LogP contribution in [-0.2, 0) is 26.3 Å². The minimum Gasteiger partial charge on any atom is -0.483 e. The Morgan fingerprint density at radius 3 is 2.69 bits per heavy atom. The van der Waals surface area contributed by atoms with Crippen LogP contribution in [0.5, 0.6) is 5.75 Å². The van der Waals surface area contributed by atoms with Gasteiger partial charge >= 0.3 is 0 Å². The van der Waals surface area contributed by atoms with Crippen LogP contribution in [0, 0.1) is 0 Å². The molecule has 0 unspecified atom stereocenters. The molecule has 0 saturated carbocycles. The van der Waals surface area contributed by atoms with E-state index in [9.17, 15) is 9.59 Å². The van der Waals surface area contributed by atoms with Crippen molar-refractivity contribution in [3.05, 3.63) is 29.3 Å². The second kappa shape index (κ2) is 8.71. The summed E-state index contributed by atoms with van der Waals surface area (Å²) in [6.45, 7) is 8.96. The van der Waals surface area contributed by atoms with Crippen LogP contribution in [0.4, 0.5) is 0 Å². The molecule has 2 saturated heterocycles. The van der Waals surface area contributed by atoms with Crippen molar-refractivity contribution >= 4 is 11.8 Å². The van der Waals surface area contributed by atoms with Gasteiger partial charge in [-0.15, -0.1) is 0 Å². The minimum absolute atomic E-state index is 0.0177. The van der Waals surface area contributed by atoms with Crippen LogP contribution < -0.4 is 10.5 Å². The third-order valence-corrected chi connectivity index (χ3v) is 5.91. The number of rotatable bonds is 5. The minimum atomic E-state index is -0.485. The van der Waals surface area contributed by atoms with Crippen molar-refractivity contribution in [3.63, 3.8) is 0 Å². The molecule has 0 radical (unpaired) electrons. The zero-order valence-corrected chi connectivity index (χ0v) is 17.9. The van der Waals surface area contributed by atoms with Gasteiger partial charge in [-0.05, 0) is 29.9 Å². The van der Waals surface area contributed by atoms with E-state index < -0.39 is 5.91 Å². The fourth-order valence-electron chi connectivity index (χ4n) is 4.05. The number of likely N-dealkylation sites (N-methyl/N-ethyl adjacent to an activating group) is 1. The van der Waals surface area contributed by atoms with Crippen molar-refractivity contribution in [1.29, 1.82) is 0 Å². The molecule has 0 bridgehead atoms. The summed E-state index contributed by atoms with van der Waals surface area (Å²) in [6, 6.07) is 6.36. The number of hydrogen-bond acceptors (Lipinski definition) is 5. The molecule has 1 aromatic rings. The number of likely N-dealkylation sites (tertiary alicyclic amines) is 1. The third-order valence-electron chi connectivity index (χ3n) is 5.91. The van der Waals surface area contributed by atoms with Gasteiger partial charge in [-0.25, -0.2) is 0 Å². The van der Waals surface area contributed by atoms with Crippen LogP contribution in [-0.4, -0.2) is 67.1 Å². The number of morpholine rings is 1. The third kappa shape index (κ3) is 5.28. The fraction of sp³-hybridized carbons (Fsp3) is 0.636. The van der Waals surface area contributed by atoms with Crippen LogP contribution in [0.15, 0.2) is 18.2 Å². The predicted molar refractivity (Wildman–Crippen MR) is 111 cm³/mol. The monoisotopic (exact) mass is 403 g/mol. The molecule has 7 nitrogen and oxygen atoms in total. The van der Waals surface area contributed by atoms with E-state index in [-0.39, 0.29) is 36.7 Å². The largest absolute Gasteiger partial charge is 0.483 e. The molecule has 2 N–H and O–H groups in total.